The van der Waals surface area contributed by atoms with Gasteiger partial charge in [-0.2, -0.15) is 0 Å². The highest BCUT2D eigenvalue weighted by molar-refractivity contribution is 5.92. The van der Waals surface area contributed by atoms with E-state index in [4.69, 9.17) is 9.47 Å². The summed E-state index contributed by atoms with van der Waals surface area (Å²) >= 11 is 0. The van der Waals surface area contributed by atoms with E-state index in [1.807, 2.05) is 0 Å². The van der Waals surface area contributed by atoms with Crippen molar-refractivity contribution in [2.24, 2.45) is 0 Å². The molecule has 0 spiro atoms. The fourth-order valence-corrected chi connectivity index (χ4v) is 3.71. The average molecular weight is 399 g/mol. The number of nitrogens with zero attached hydrogens (tertiary/aromatic N) is 1. The molecule has 0 amide bonds. The standard InChI is InChI=1S/C21H21NO7/c1-10-11(2)18-15(16(19(23)24)21(4,5)29-18)12(3)17(10)28-20(25)13-6-8-14(9-7-13)22(26)27/h6-9,16H,1-5H3,(H,23,24). The number of nitro benzene ring substituents is 1. The third-order valence-corrected chi connectivity index (χ3v) is 5.34. The Balaban J connectivity index is 2.04. The molecule has 8 nitrogen and oxygen atoms in total. The van der Waals surface area contributed by atoms with Crippen molar-refractivity contribution < 1.29 is 29.1 Å². The Kier molecular flexibility index (Phi) is 4.82. The molecule has 2 aromatic rings. The van der Waals surface area contributed by atoms with Crippen molar-refractivity contribution in [3.05, 3.63) is 62.2 Å². The maximum atomic E-state index is 12.6. The number of fused-ring (bicyclic) bond motifs is 1. The van der Waals surface area contributed by atoms with E-state index in [0.717, 1.165) is 0 Å². The Hall–Kier alpha value is -3.42. The summed E-state index contributed by atoms with van der Waals surface area (Å²) in [5, 5.41) is 20.5. The summed E-state index contributed by atoms with van der Waals surface area (Å²) in [5.74, 6) is -1.83. The normalized spacial score (nSPS) is 16.7. The molecule has 0 saturated carbocycles. The first-order valence-corrected chi connectivity index (χ1v) is 8.97. The molecule has 29 heavy (non-hydrogen) atoms. The first-order valence-electron chi connectivity index (χ1n) is 8.97. The number of hydrogen-bond donors (Lipinski definition) is 1. The minimum Gasteiger partial charge on any atom is -0.486 e. The van der Waals surface area contributed by atoms with Gasteiger partial charge < -0.3 is 14.6 Å². The van der Waals surface area contributed by atoms with Crippen LogP contribution < -0.4 is 9.47 Å². The summed E-state index contributed by atoms with van der Waals surface area (Å²) in [6, 6.07) is 5.08. The zero-order valence-corrected chi connectivity index (χ0v) is 16.7. The monoisotopic (exact) mass is 399 g/mol. The molecule has 3 rings (SSSR count). The molecule has 1 aliphatic rings. The first kappa shape index (κ1) is 20.3. The van der Waals surface area contributed by atoms with Crippen molar-refractivity contribution in [1.82, 2.24) is 0 Å². The highest BCUT2D eigenvalue weighted by Crippen LogP contribution is 2.51. The number of aliphatic carboxylic acids is 1. The van der Waals surface area contributed by atoms with Gasteiger partial charge in [-0.1, -0.05) is 0 Å². The van der Waals surface area contributed by atoms with Crippen LogP contribution in [-0.4, -0.2) is 27.6 Å². The zero-order valence-electron chi connectivity index (χ0n) is 16.7. The lowest BCUT2D eigenvalue weighted by atomic mass is 9.83. The third-order valence-electron chi connectivity index (χ3n) is 5.34. The van der Waals surface area contributed by atoms with Crippen LogP contribution in [-0.2, 0) is 4.79 Å². The molecule has 8 heteroatoms. The Morgan fingerprint density at radius 1 is 1.10 bits per heavy atom. The Bertz CT molecular complexity index is 1040. The van der Waals surface area contributed by atoms with Crippen LogP contribution in [0, 0.1) is 30.9 Å². The number of nitro groups is 1. The third kappa shape index (κ3) is 3.30. The molecule has 0 aliphatic carbocycles. The minimum atomic E-state index is -1.02. The van der Waals surface area contributed by atoms with Crippen molar-refractivity contribution in [2.45, 2.75) is 46.1 Å². The topological polar surface area (TPSA) is 116 Å². The summed E-state index contributed by atoms with van der Waals surface area (Å²) in [7, 11) is 0. The molecule has 1 N–H and O–H groups in total. The maximum Gasteiger partial charge on any atom is 0.343 e. The molecule has 0 bridgehead atoms. The van der Waals surface area contributed by atoms with Gasteiger partial charge in [-0.15, -0.1) is 0 Å². The van der Waals surface area contributed by atoms with Crippen molar-refractivity contribution in [1.29, 1.82) is 0 Å². The number of esters is 1. The number of benzene rings is 2. The lowest BCUT2D eigenvalue weighted by molar-refractivity contribution is -0.384. The van der Waals surface area contributed by atoms with E-state index >= 15 is 0 Å². The number of carboxylic acid groups (broad SMARTS) is 1. The lowest BCUT2D eigenvalue weighted by Crippen LogP contribution is -2.35. The van der Waals surface area contributed by atoms with Gasteiger partial charge in [0, 0.05) is 23.3 Å². The molecule has 1 aliphatic heterocycles. The SMILES string of the molecule is Cc1c(C)c2c(c(C)c1OC(=O)c1ccc([N+](=O)[O-])cc1)C(C(=O)O)C(C)(C)O2. The van der Waals surface area contributed by atoms with E-state index in [1.54, 1.807) is 34.6 Å². The predicted octanol–water partition coefficient (Wildman–Crippen LogP) is 4.08. The van der Waals surface area contributed by atoms with Crippen LogP contribution in [0.3, 0.4) is 0 Å². The highest BCUT2D eigenvalue weighted by atomic mass is 16.6. The molecule has 1 unspecified atom stereocenters. The molecule has 0 fully saturated rings. The highest BCUT2D eigenvalue weighted by Gasteiger charge is 2.48. The van der Waals surface area contributed by atoms with E-state index in [9.17, 15) is 24.8 Å². The number of carbonyl (C=O) groups is 2. The predicted molar refractivity (Wildman–Crippen MR) is 104 cm³/mol. The van der Waals surface area contributed by atoms with E-state index < -0.39 is 28.4 Å². The second-order valence-electron chi connectivity index (χ2n) is 7.62. The van der Waals surface area contributed by atoms with Gasteiger partial charge in [0.15, 0.2) is 0 Å². The molecular formula is C21H21NO7. The van der Waals surface area contributed by atoms with E-state index in [0.29, 0.717) is 28.0 Å². The quantitative estimate of drug-likeness (QED) is 0.356. The van der Waals surface area contributed by atoms with E-state index in [-0.39, 0.29) is 17.0 Å². The van der Waals surface area contributed by atoms with Crippen molar-refractivity contribution in [3.63, 3.8) is 0 Å². The molecule has 0 saturated heterocycles. The van der Waals surface area contributed by atoms with Gasteiger partial charge in [-0.05, 0) is 57.9 Å². The lowest BCUT2D eigenvalue weighted by Gasteiger charge is -2.23. The molecule has 2 aromatic carbocycles. The van der Waals surface area contributed by atoms with Crippen LogP contribution in [0.25, 0.3) is 0 Å². The van der Waals surface area contributed by atoms with Crippen molar-refractivity contribution in [3.8, 4) is 11.5 Å². The second kappa shape index (κ2) is 6.88. The minimum absolute atomic E-state index is 0.133. The van der Waals surface area contributed by atoms with Gasteiger partial charge in [0.25, 0.3) is 5.69 Å². The summed E-state index contributed by atoms with van der Waals surface area (Å²) in [5.41, 5.74) is 1.46. The van der Waals surface area contributed by atoms with Gasteiger partial charge >= 0.3 is 11.9 Å². The number of carbonyl (C=O) groups excluding carboxylic acids is 1. The van der Waals surface area contributed by atoms with Gasteiger partial charge in [-0.25, -0.2) is 4.79 Å². The fourth-order valence-electron chi connectivity index (χ4n) is 3.71. The summed E-state index contributed by atoms with van der Waals surface area (Å²) in [4.78, 5) is 34.8. The fraction of sp³-hybridized carbons (Fsp3) is 0.333. The van der Waals surface area contributed by atoms with Crippen LogP contribution >= 0.6 is 0 Å². The van der Waals surface area contributed by atoms with Gasteiger partial charge in [-0.3, -0.25) is 14.9 Å². The van der Waals surface area contributed by atoms with Crippen LogP contribution in [0.2, 0.25) is 0 Å². The van der Waals surface area contributed by atoms with Crippen LogP contribution in [0.4, 0.5) is 5.69 Å². The van der Waals surface area contributed by atoms with Gasteiger partial charge in [0.05, 0.1) is 10.5 Å². The number of rotatable bonds is 4. The smallest absolute Gasteiger partial charge is 0.343 e. The van der Waals surface area contributed by atoms with Crippen LogP contribution in [0.15, 0.2) is 24.3 Å². The Morgan fingerprint density at radius 3 is 2.21 bits per heavy atom. The average Bonchev–Trinajstić information content (AvgIpc) is 2.95. The summed E-state index contributed by atoms with van der Waals surface area (Å²) in [6.45, 7) is 8.68. The summed E-state index contributed by atoms with van der Waals surface area (Å²) < 4.78 is 11.6. The van der Waals surface area contributed by atoms with Crippen molar-refractivity contribution in [2.75, 3.05) is 0 Å². The molecular weight excluding hydrogens is 378 g/mol. The van der Waals surface area contributed by atoms with E-state index in [2.05, 4.69) is 0 Å². The molecule has 0 radical (unpaired) electrons. The second-order valence-corrected chi connectivity index (χ2v) is 7.62. The van der Waals surface area contributed by atoms with Crippen LogP contribution in [0.5, 0.6) is 11.5 Å². The molecule has 152 valence electrons. The number of ether oxygens (including phenoxy) is 2. The van der Waals surface area contributed by atoms with Gasteiger partial charge in [0.1, 0.15) is 23.0 Å². The summed E-state index contributed by atoms with van der Waals surface area (Å²) in [6.07, 6.45) is 0. The maximum absolute atomic E-state index is 12.6. The van der Waals surface area contributed by atoms with Gasteiger partial charge in [0.2, 0.25) is 0 Å². The largest absolute Gasteiger partial charge is 0.486 e. The number of carboxylic acids is 1. The molecule has 0 aromatic heterocycles. The Labute approximate surface area is 167 Å². The van der Waals surface area contributed by atoms with Crippen molar-refractivity contribution >= 4 is 17.6 Å². The van der Waals surface area contributed by atoms with E-state index in [1.165, 1.54) is 24.3 Å². The van der Waals surface area contributed by atoms with Crippen LogP contribution in [0.1, 0.15) is 52.4 Å². The first-order chi connectivity index (χ1) is 13.5. The zero-order chi connectivity index (χ0) is 21.7. The molecule has 1 atom stereocenters. The Morgan fingerprint density at radius 2 is 1.69 bits per heavy atom. The number of hydrogen-bond acceptors (Lipinski definition) is 6. The molecule has 1 heterocycles. The number of non-ortho nitro benzene ring substituents is 1.